The average molecular weight is 232 g/mol. The Labute approximate surface area is 101 Å². The first-order valence-electron chi connectivity index (χ1n) is 5.95. The van der Waals surface area contributed by atoms with E-state index in [1.807, 2.05) is 24.3 Å². The molecule has 90 valence electrons. The lowest BCUT2D eigenvalue weighted by atomic mass is 9.83. The number of hydrogen-bond acceptors (Lipinski definition) is 3. The summed E-state index contributed by atoms with van der Waals surface area (Å²) in [4.78, 5) is 21.9. The fourth-order valence-corrected chi connectivity index (χ4v) is 2.25. The number of benzene rings is 1. The summed E-state index contributed by atoms with van der Waals surface area (Å²) < 4.78 is 4.98. The fourth-order valence-electron chi connectivity index (χ4n) is 2.25. The van der Waals surface area contributed by atoms with Crippen LogP contribution in [0.15, 0.2) is 24.3 Å². The number of ether oxygens (including phenoxy) is 1. The van der Waals surface area contributed by atoms with Crippen molar-refractivity contribution in [1.82, 2.24) is 0 Å². The highest BCUT2D eigenvalue weighted by Gasteiger charge is 2.19. The van der Waals surface area contributed by atoms with Crippen molar-refractivity contribution in [3.8, 4) is 5.75 Å². The van der Waals surface area contributed by atoms with Crippen molar-refractivity contribution in [2.24, 2.45) is 0 Å². The van der Waals surface area contributed by atoms with E-state index >= 15 is 0 Å². The van der Waals surface area contributed by atoms with Crippen LogP contribution < -0.4 is 4.74 Å². The van der Waals surface area contributed by atoms with E-state index in [4.69, 9.17) is 4.74 Å². The smallest absolute Gasteiger partial charge is 0.308 e. The summed E-state index contributed by atoms with van der Waals surface area (Å²) in [6, 6.07) is 7.60. The van der Waals surface area contributed by atoms with Gasteiger partial charge in [0.15, 0.2) is 0 Å². The standard InChI is InChI=1S/C14H16O3/c1-10(15)17-14-8-4-12(5-9-14)11-2-6-13(16)7-3-11/h4-5,8-9,11H,2-3,6-7H2,1H3. The molecule has 0 aromatic heterocycles. The Hall–Kier alpha value is -1.64. The highest BCUT2D eigenvalue weighted by Crippen LogP contribution is 2.31. The third-order valence-electron chi connectivity index (χ3n) is 3.16. The molecule has 0 bridgehead atoms. The third-order valence-corrected chi connectivity index (χ3v) is 3.16. The van der Waals surface area contributed by atoms with Gasteiger partial charge in [0.2, 0.25) is 0 Å². The van der Waals surface area contributed by atoms with Crippen LogP contribution in [0.5, 0.6) is 5.75 Å². The summed E-state index contributed by atoms with van der Waals surface area (Å²) in [6.07, 6.45) is 3.25. The van der Waals surface area contributed by atoms with E-state index in [0.29, 0.717) is 30.3 Å². The molecule has 17 heavy (non-hydrogen) atoms. The van der Waals surface area contributed by atoms with E-state index in [9.17, 15) is 9.59 Å². The van der Waals surface area contributed by atoms with E-state index in [0.717, 1.165) is 12.8 Å². The van der Waals surface area contributed by atoms with Crippen LogP contribution in [0.1, 0.15) is 44.1 Å². The quantitative estimate of drug-likeness (QED) is 0.581. The fraction of sp³-hybridized carbons (Fsp3) is 0.429. The van der Waals surface area contributed by atoms with Gasteiger partial charge in [0.1, 0.15) is 11.5 Å². The van der Waals surface area contributed by atoms with E-state index in [-0.39, 0.29) is 5.97 Å². The molecule has 0 amide bonds. The van der Waals surface area contributed by atoms with E-state index < -0.39 is 0 Å². The molecule has 1 aromatic rings. The molecule has 0 radical (unpaired) electrons. The molecule has 3 heteroatoms. The Kier molecular flexibility index (Phi) is 3.57. The van der Waals surface area contributed by atoms with E-state index in [2.05, 4.69) is 0 Å². The third kappa shape index (κ3) is 3.16. The minimum atomic E-state index is -0.305. The summed E-state index contributed by atoms with van der Waals surface area (Å²) in [5.41, 5.74) is 1.23. The summed E-state index contributed by atoms with van der Waals surface area (Å²) >= 11 is 0. The number of Topliss-reactive ketones (excluding diaryl/α,β-unsaturated/α-hetero) is 1. The zero-order valence-corrected chi connectivity index (χ0v) is 9.94. The monoisotopic (exact) mass is 232 g/mol. The van der Waals surface area contributed by atoms with Gasteiger partial charge < -0.3 is 4.74 Å². The highest BCUT2D eigenvalue weighted by molar-refractivity contribution is 5.79. The van der Waals surface area contributed by atoms with Crippen LogP contribution >= 0.6 is 0 Å². The molecule has 0 saturated heterocycles. The number of ketones is 1. The molecule has 0 unspecified atom stereocenters. The van der Waals surface area contributed by atoms with Gasteiger partial charge in [-0.1, -0.05) is 12.1 Å². The van der Waals surface area contributed by atoms with Crippen molar-refractivity contribution in [1.29, 1.82) is 0 Å². The number of carbonyl (C=O) groups excluding carboxylic acids is 2. The lowest BCUT2D eigenvalue weighted by Crippen LogP contribution is -2.12. The molecule has 1 saturated carbocycles. The summed E-state index contributed by atoms with van der Waals surface area (Å²) in [5, 5.41) is 0. The van der Waals surface area contributed by atoms with Crippen molar-refractivity contribution in [3.63, 3.8) is 0 Å². The van der Waals surface area contributed by atoms with Crippen molar-refractivity contribution in [2.45, 2.75) is 38.5 Å². The molecule has 0 spiro atoms. The van der Waals surface area contributed by atoms with Gasteiger partial charge >= 0.3 is 5.97 Å². The number of carbonyl (C=O) groups is 2. The molecule has 1 aliphatic carbocycles. The minimum Gasteiger partial charge on any atom is -0.427 e. The Morgan fingerprint density at radius 3 is 2.29 bits per heavy atom. The Balaban J connectivity index is 2.02. The molecule has 0 heterocycles. The topological polar surface area (TPSA) is 43.4 Å². The Morgan fingerprint density at radius 2 is 1.76 bits per heavy atom. The van der Waals surface area contributed by atoms with Crippen LogP contribution in [0.4, 0.5) is 0 Å². The molecule has 0 N–H and O–H groups in total. The first kappa shape index (κ1) is 11.8. The lowest BCUT2D eigenvalue weighted by molar-refractivity contribution is -0.131. The lowest BCUT2D eigenvalue weighted by Gasteiger charge is -2.21. The minimum absolute atomic E-state index is 0.305. The van der Waals surface area contributed by atoms with Gasteiger partial charge in [0, 0.05) is 19.8 Å². The number of hydrogen-bond donors (Lipinski definition) is 0. The molecule has 2 rings (SSSR count). The second-order valence-corrected chi connectivity index (χ2v) is 4.48. The van der Waals surface area contributed by atoms with Gasteiger partial charge in [-0.05, 0) is 36.5 Å². The van der Waals surface area contributed by atoms with Crippen molar-refractivity contribution < 1.29 is 14.3 Å². The molecule has 0 atom stereocenters. The second-order valence-electron chi connectivity index (χ2n) is 4.48. The van der Waals surface area contributed by atoms with E-state index in [1.165, 1.54) is 12.5 Å². The van der Waals surface area contributed by atoms with Crippen molar-refractivity contribution in [3.05, 3.63) is 29.8 Å². The van der Waals surface area contributed by atoms with E-state index in [1.54, 1.807) is 0 Å². The molecular formula is C14H16O3. The van der Waals surface area contributed by atoms with Crippen LogP contribution in [0, 0.1) is 0 Å². The summed E-state index contributed by atoms with van der Waals surface area (Å²) in [6.45, 7) is 1.39. The van der Waals surface area contributed by atoms with Gasteiger partial charge in [-0.3, -0.25) is 9.59 Å². The predicted molar refractivity (Wildman–Crippen MR) is 64.0 cm³/mol. The summed E-state index contributed by atoms with van der Waals surface area (Å²) in [7, 11) is 0. The Morgan fingerprint density at radius 1 is 1.18 bits per heavy atom. The molecule has 1 fully saturated rings. The normalized spacial score (nSPS) is 16.9. The largest absolute Gasteiger partial charge is 0.427 e. The maximum absolute atomic E-state index is 11.2. The number of esters is 1. The van der Waals surface area contributed by atoms with Gasteiger partial charge in [0.05, 0.1) is 0 Å². The second kappa shape index (κ2) is 5.13. The summed E-state index contributed by atoms with van der Waals surface area (Å²) in [5.74, 6) is 1.12. The maximum Gasteiger partial charge on any atom is 0.308 e. The van der Waals surface area contributed by atoms with Crippen LogP contribution in [0.3, 0.4) is 0 Å². The molecule has 0 aliphatic heterocycles. The molecule has 1 aromatic carbocycles. The average Bonchev–Trinajstić information content (AvgIpc) is 2.30. The van der Waals surface area contributed by atoms with Crippen LogP contribution in [0.25, 0.3) is 0 Å². The highest BCUT2D eigenvalue weighted by atomic mass is 16.5. The molecular weight excluding hydrogens is 216 g/mol. The SMILES string of the molecule is CC(=O)Oc1ccc(C2CCC(=O)CC2)cc1. The zero-order valence-electron chi connectivity index (χ0n) is 9.94. The maximum atomic E-state index is 11.2. The molecule has 3 nitrogen and oxygen atoms in total. The Bertz CT molecular complexity index is 410. The molecule has 1 aliphatic rings. The first-order valence-corrected chi connectivity index (χ1v) is 5.95. The van der Waals surface area contributed by atoms with Crippen LogP contribution in [0.2, 0.25) is 0 Å². The van der Waals surface area contributed by atoms with Gasteiger partial charge in [-0.25, -0.2) is 0 Å². The zero-order chi connectivity index (χ0) is 12.3. The van der Waals surface area contributed by atoms with Gasteiger partial charge in [0.25, 0.3) is 0 Å². The van der Waals surface area contributed by atoms with Crippen LogP contribution in [-0.2, 0) is 9.59 Å². The van der Waals surface area contributed by atoms with Crippen molar-refractivity contribution in [2.75, 3.05) is 0 Å². The van der Waals surface area contributed by atoms with Crippen LogP contribution in [-0.4, -0.2) is 11.8 Å². The van der Waals surface area contributed by atoms with Crippen molar-refractivity contribution >= 4 is 11.8 Å². The number of rotatable bonds is 2. The predicted octanol–water partition coefficient (Wildman–Crippen LogP) is 2.84. The first-order chi connectivity index (χ1) is 8.15. The van der Waals surface area contributed by atoms with Gasteiger partial charge in [-0.15, -0.1) is 0 Å². The van der Waals surface area contributed by atoms with Gasteiger partial charge in [-0.2, -0.15) is 0 Å².